The summed E-state index contributed by atoms with van der Waals surface area (Å²) in [6.07, 6.45) is -0.317. The van der Waals surface area contributed by atoms with Crippen LogP contribution in [-0.4, -0.2) is 62.0 Å². The van der Waals surface area contributed by atoms with E-state index in [9.17, 15) is 28.9 Å². The molecule has 0 radical (unpaired) electrons. The number of hydrogen-bond acceptors (Lipinski definition) is 9. The number of carbonyl (C=O) groups is 3. The molecule has 234 valence electrons. The second-order valence-corrected chi connectivity index (χ2v) is 10.3. The highest BCUT2D eigenvalue weighted by molar-refractivity contribution is 6.37. The van der Waals surface area contributed by atoms with E-state index in [-0.39, 0.29) is 33.3 Å². The van der Waals surface area contributed by atoms with E-state index in [1.807, 2.05) is 0 Å². The zero-order chi connectivity index (χ0) is 32.7. The van der Waals surface area contributed by atoms with Crippen molar-refractivity contribution in [2.24, 2.45) is 5.73 Å². The van der Waals surface area contributed by atoms with Gasteiger partial charge in [0.15, 0.2) is 11.8 Å². The van der Waals surface area contributed by atoms with E-state index in [0.717, 1.165) is 24.1 Å². The van der Waals surface area contributed by atoms with Gasteiger partial charge >= 0.3 is 11.7 Å². The van der Waals surface area contributed by atoms with Gasteiger partial charge < -0.3 is 30.2 Å². The maximum Gasteiger partial charge on any atom is 0.333 e. The van der Waals surface area contributed by atoms with Crippen molar-refractivity contribution in [2.75, 3.05) is 28.4 Å². The molecule has 0 aromatic heterocycles. The molecule has 0 aliphatic rings. The number of rotatable bonds is 12. The van der Waals surface area contributed by atoms with Gasteiger partial charge in [-0.3, -0.25) is 19.7 Å². The molecule has 15 heteroatoms. The smallest absolute Gasteiger partial charge is 0.333 e. The lowest BCUT2D eigenvalue weighted by Gasteiger charge is -2.31. The molecule has 0 bridgehead atoms. The number of nitro benzene ring substituents is 1. The van der Waals surface area contributed by atoms with Gasteiger partial charge in [0, 0.05) is 19.5 Å². The monoisotopic (exact) mass is 650 g/mol. The average molecular weight is 651 g/mol. The number of likely N-dealkylation sites (N-methyl/N-ethyl adjacent to an activating group) is 1. The van der Waals surface area contributed by atoms with E-state index in [4.69, 9.17) is 43.1 Å². The van der Waals surface area contributed by atoms with Gasteiger partial charge in [-0.15, -0.1) is 0 Å². The molecule has 2 amide bonds. The first-order valence-corrected chi connectivity index (χ1v) is 13.6. The zero-order valence-electron chi connectivity index (χ0n) is 24.0. The molecular weight excluding hydrogens is 622 g/mol. The predicted molar refractivity (Wildman–Crippen MR) is 159 cm³/mol. The van der Waals surface area contributed by atoms with E-state index in [1.54, 1.807) is 24.3 Å². The van der Waals surface area contributed by atoms with Gasteiger partial charge in [-0.2, -0.15) is 4.39 Å². The first kappa shape index (κ1) is 34.0. The lowest BCUT2D eigenvalue weighted by Crippen LogP contribution is -2.52. The van der Waals surface area contributed by atoms with Crippen molar-refractivity contribution in [2.45, 2.75) is 24.5 Å². The van der Waals surface area contributed by atoms with Gasteiger partial charge in [0.2, 0.25) is 17.6 Å². The van der Waals surface area contributed by atoms with Crippen LogP contribution in [0.25, 0.3) is 0 Å². The minimum absolute atomic E-state index is 0.0919. The highest BCUT2D eigenvalue weighted by Crippen LogP contribution is 2.35. The molecule has 0 heterocycles. The molecule has 0 spiro atoms. The summed E-state index contributed by atoms with van der Waals surface area (Å²) in [6, 6.07) is 8.02. The normalized spacial score (nSPS) is 12.8. The minimum Gasteiger partial charge on any atom is -0.497 e. The van der Waals surface area contributed by atoms with Gasteiger partial charge in [-0.25, -0.2) is 4.79 Å². The fourth-order valence-corrected chi connectivity index (χ4v) is 5.01. The first-order chi connectivity index (χ1) is 20.8. The van der Waals surface area contributed by atoms with Crippen LogP contribution in [0.4, 0.5) is 10.1 Å². The van der Waals surface area contributed by atoms with E-state index in [0.29, 0.717) is 11.3 Å². The number of nitrogens with two attached hydrogens (primary N) is 1. The van der Waals surface area contributed by atoms with Crippen molar-refractivity contribution >= 4 is 46.7 Å². The van der Waals surface area contributed by atoms with Crippen LogP contribution in [0.3, 0.4) is 0 Å². The van der Waals surface area contributed by atoms with Crippen LogP contribution in [0.15, 0.2) is 54.6 Å². The Bertz CT molecular complexity index is 1530. The fraction of sp³-hybridized carbons (Fsp3) is 0.276. The van der Waals surface area contributed by atoms with Gasteiger partial charge in [0.25, 0.3) is 0 Å². The van der Waals surface area contributed by atoms with Crippen LogP contribution in [0.2, 0.25) is 10.0 Å². The number of nitrogens with zero attached hydrogens (tertiary/aromatic N) is 2. The predicted octanol–water partition coefficient (Wildman–Crippen LogP) is 4.16. The Morgan fingerprint density at radius 3 is 2.14 bits per heavy atom. The second kappa shape index (κ2) is 14.8. The topological polar surface area (TPSA) is 163 Å². The molecule has 3 rings (SSSR count). The molecule has 0 saturated heterocycles. The Kier molecular flexibility index (Phi) is 11.5. The van der Waals surface area contributed by atoms with Crippen molar-refractivity contribution in [3.63, 3.8) is 0 Å². The maximum atomic E-state index is 14.1. The molecule has 0 aliphatic heterocycles. The third-order valence-corrected chi connectivity index (χ3v) is 7.34. The van der Waals surface area contributed by atoms with E-state index in [2.05, 4.69) is 5.32 Å². The molecule has 3 aromatic rings. The third kappa shape index (κ3) is 7.73. The lowest BCUT2D eigenvalue weighted by molar-refractivity contribution is -0.387. The summed E-state index contributed by atoms with van der Waals surface area (Å²) in [5.41, 5.74) is 6.15. The van der Waals surface area contributed by atoms with Crippen molar-refractivity contribution in [3.8, 4) is 11.5 Å². The van der Waals surface area contributed by atoms with Crippen LogP contribution >= 0.6 is 23.2 Å². The van der Waals surface area contributed by atoms with Crippen molar-refractivity contribution < 1.29 is 37.9 Å². The molecular formula is C29H29Cl2FN4O8. The molecule has 0 saturated carbocycles. The fourth-order valence-electron chi connectivity index (χ4n) is 4.35. The number of hydrogen-bond donors (Lipinski definition) is 2. The molecule has 0 aliphatic carbocycles. The number of nitrogens with one attached hydrogen (secondary N) is 1. The highest BCUT2D eigenvalue weighted by Gasteiger charge is 2.34. The zero-order valence-corrected chi connectivity index (χ0v) is 25.5. The van der Waals surface area contributed by atoms with Crippen LogP contribution in [-0.2, 0) is 25.5 Å². The van der Waals surface area contributed by atoms with Crippen molar-refractivity contribution in [1.82, 2.24) is 10.2 Å². The largest absolute Gasteiger partial charge is 0.497 e. The molecule has 3 N–H and O–H groups in total. The number of amides is 2. The average Bonchev–Trinajstić information content (AvgIpc) is 3.01. The molecule has 44 heavy (non-hydrogen) atoms. The van der Waals surface area contributed by atoms with E-state index < -0.39 is 52.3 Å². The molecule has 3 atom stereocenters. The molecule has 0 fully saturated rings. The Balaban J connectivity index is 2.02. The summed E-state index contributed by atoms with van der Waals surface area (Å²) in [6.45, 7) is 0. The molecule has 12 nitrogen and oxygen atoms in total. The minimum atomic E-state index is -1.40. The number of benzene rings is 3. The highest BCUT2D eigenvalue weighted by atomic mass is 35.5. The summed E-state index contributed by atoms with van der Waals surface area (Å²) in [7, 11) is 5.25. The van der Waals surface area contributed by atoms with Gasteiger partial charge in [0.05, 0.1) is 36.3 Å². The Morgan fingerprint density at radius 2 is 1.61 bits per heavy atom. The SMILES string of the molecule is COC(=O)[C@H](NC(=O)[C@H](Cc1ccc(F)c([N+](=O)[O-])c1)N(C)C(=O)[C@H](N)c1cc(Cl)c(OC)c(Cl)c1)c1ccc(OC)cc1. The molecule has 3 aromatic carbocycles. The van der Waals surface area contributed by atoms with Crippen LogP contribution in [0.5, 0.6) is 11.5 Å². The summed E-state index contributed by atoms with van der Waals surface area (Å²) in [4.78, 5) is 51.6. The van der Waals surface area contributed by atoms with E-state index in [1.165, 1.54) is 39.5 Å². The number of esters is 1. The lowest BCUT2D eigenvalue weighted by atomic mass is 9.99. The Hall–Kier alpha value is -4.46. The summed E-state index contributed by atoms with van der Waals surface area (Å²) in [5.74, 6) is -2.82. The summed E-state index contributed by atoms with van der Waals surface area (Å²) >= 11 is 12.4. The Morgan fingerprint density at radius 1 is 1.00 bits per heavy atom. The summed E-state index contributed by atoms with van der Waals surface area (Å²) in [5, 5.41) is 14.1. The quantitative estimate of drug-likeness (QED) is 0.166. The van der Waals surface area contributed by atoms with Gasteiger partial charge in [-0.1, -0.05) is 41.4 Å². The van der Waals surface area contributed by atoms with Gasteiger partial charge in [-0.05, 0) is 47.0 Å². The summed E-state index contributed by atoms with van der Waals surface area (Å²) < 4.78 is 29.2. The number of carbonyl (C=O) groups excluding carboxylic acids is 3. The number of methoxy groups -OCH3 is 3. The maximum absolute atomic E-state index is 14.1. The third-order valence-electron chi connectivity index (χ3n) is 6.78. The first-order valence-electron chi connectivity index (χ1n) is 12.8. The van der Waals surface area contributed by atoms with Gasteiger partial charge in [0.1, 0.15) is 17.8 Å². The Labute approximate surface area is 261 Å². The van der Waals surface area contributed by atoms with Crippen molar-refractivity contribution in [1.29, 1.82) is 0 Å². The second-order valence-electron chi connectivity index (χ2n) is 9.45. The number of halogens is 3. The van der Waals surface area contributed by atoms with Crippen LogP contribution < -0.4 is 20.5 Å². The van der Waals surface area contributed by atoms with Crippen LogP contribution in [0.1, 0.15) is 28.8 Å². The molecule has 0 unspecified atom stereocenters. The van der Waals surface area contributed by atoms with E-state index >= 15 is 0 Å². The number of nitro groups is 1. The van der Waals surface area contributed by atoms with Crippen molar-refractivity contribution in [3.05, 3.63) is 97.3 Å². The van der Waals surface area contributed by atoms with Crippen LogP contribution in [0, 0.1) is 15.9 Å². The standard InChI is InChI=1S/C29H29Cl2FN4O8/c1-35(28(38)24(33)17-13-19(30)26(43-3)20(31)14-17)23(12-15-5-10-21(32)22(11-15)36(40)41)27(37)34-25(29(39)44-4)16-6-8-18(42-2)9-7-16/h5-11,13-14,23-25H,12,33H2,1-4H3,(H,34,37)/t23-,24+,25+/m0/s1. The number of ether oxygens (including phenoxy) is 3.